The van der Waals surface area contributed by atoms with E-state index in [0.29, 0.717) is 37.7 Å². The number of aryl methyl sites for hydroxylation is 1. The highest BCUT2D eigenvalue weighted by Crippen LogP contribution is 2.57. The van der Waals surface area contributed by atoms with Crippen LogP contribution in [0.4, 0.5) is 13.2 Å². The van der Waals surface area contributed by atoms with Crippen LogP contribution in [-0.4, -0.2) is 25.0 Å². The van der Waals surface area contributed by atoms with Crippen LogP contribution in [0.3, 0.4) is 0 Å². The van der Waals surface area contributed by atoms with Crippen molar-refractivity contribution in [2.75, 3.05) is 0 Å². The van der Waals surface area contributed by atoms with Gasteiger partial charge in [0.05, 0.1) is 5.41 Å². The van der Waals surface area contributed by atoms with Crippen molar-refractivity contribution in [3.8, 4) is 5.75 Å². The summed E-state index contributed by atoms with van der Waals surface area (Å²) in [6, 6.07) is 4.12. The molecule has 1 aromatic rings. The number of rotatable bonds is 3. The number of hydrogen-bond acceptors (Lipinski definition) is 4. The Morgan fingerprint density at radius 3 is 2.52 bits per heavy atom. The Morgan fingerprint density at radius 2 is 1.93 bits per heavy atom. The van der Waals surface area contributed by atoms with E-state index in [0.717, 1.165) is 5.56 Å². The number of carboxylic acids is 1. The molecule has 1 fully saturated rings. The van der Waals surface area contributed by atoms with E-state index in [1.807, 2.05) is 6.92 Å². The minimum absolute atomic E-state index is 0.196. The summed E-state index contributed by atoms with van der Waals surface area (Å²) in [7, 11) is -5.76. The Hall–Kier alpha value is -1.77. The quantitative estimate of drug-likeness (QED) is 0.606. The molecule has 0 spiro atoms. The second kappa shape index (κ2) is 6.12. The summed E-state index contributed by atoms with van der Waals surface area (Å²) in [5, 5.41) is 9.77. The van der Waals surface area contributed by atoms with Gasteiger partial charge in [-0.15, -0.1) is 0 Å². The lowest BCUT2D eigenvalue weighted by Crippen LogP contribution is -2.52. The molecule has 3 atom stereocenters. The monoisotopic (exact) mass is 406 g/mol. The summed E-state index contributed by atoms with van der Waals surface area (Å²) in [6.07, 6.45) is 3.14. The summed E-state index contributed by atoms with van der Waals surface area (Å²) in [6.45, 7) is 3.63. The van der Waals surface area contributed by atoms with Crippen molar-refractivity contribution < 1.29 is 35.7 Å². The maximum atomic E-state index is 12.6. The molecule has 2 aliphatic rings. The summed E-state index contributed by atoms with van der Waals surface area (Å²) in [5.41, 5.74) is -5.44. The topological polar surface area (TPSA) is 80.7 Å². The van der Waals surface area contributed by atoms with E-state index >= 15 is 0 Å². The molecule has 0 heterocycles. The average molecular weight is 406 g/mol. The molecule has 1 N–H and O–H groups in total. The van der Waals surface area contributed by atoms with Crippen LogP contribution in [0.15, 0.2) is 18.2 Å². The highest BCUT2D eigenvalue weighted by molar-refractivity contribution is 7.88. The van der Waals surface area contributed by atoms with Crippen molar-refractivity contribution in [1.29, 1.82) is 0 Å². The molecular weight excluding hydrogens is 385 g/mol. The lowest BCUT2D eigenvalue weighted by Gasteiger charge is -2.53. The molecule has 0 bridgehead atoms. The molecule has 0 saturated heterocycles. The van der Waals surface area contributed by atoms with Gasteiger partial charge in [0.2, 0.25) is 0 Å². The van der Waals surface area contributed by atoms with Gasteiger partial charge >= 0.3 is 21.6 Å². The summed E-state index contributed by atoms with van der Waals surface area (Å²) < 4.78 is 64.8. The molecule has 150 valence electrons. The second-order valence-electron chi connectivity index (χ2n) is 7.89. The lowest BCUT2D eigenvalue weighted by atomic mass is 9.50. The van der Waals surface area contributed by atoms with Gasteiger partial charge in [-0.3, -0.25) is 4.79 Å². The number of carboxylic acid groups (broad SMARTS) is 1. The third kappa shape index (κ3) is 3.09. The van der Waals surface area contributed by atoms with Crippen LogP contribution in [-0.2, 0) is 26.7 Å². The Kier molecular flexibility index (Phi) is 4.53. The van der Waals surface area contributed by atoms with E-state index in [4.69, 9.17) is 0 Å². The fourth-order valence-electron chi connectivity index (χ4n) is 4.92. The van der Waals surface area contributed by atoms with Crippen LogP contribution in [0.1, 0.15) is 50.7 Å². The normalized spacial score (nSPS) is 30.9. The summed E-state index contributed by atoms with van der Waals surface area (Å²) in [5.74, 6) is -1.48. The van der Waals surface area contributed by atoms with E-state index in [9.17, 15) is 31.5 Å². The predicted molar refractivity (Wildman–Crippen MR) is 90.8 cm³/mol. The van der Waals surface area contributed by atoms with Gasteiger partial charge in [0.15, 0.2) is 0 Å². The summed E-state index contributed by atoms with van der Waals surface area (Å²) >= 11 is 0. The number of hydrogen-bond donors (Lipinski definition) is 1. The molecule has 0 aromatic heterocycles. The highest BCUT2D eigenvalue weighted by atomic mass is 32.2. The number of benzene rings is 1. The molecule has 9 heteroatoms. The molecule has 5 nitrogen and oxygen atoms in total. The number of fused-ring (bicyclic) bond motifs is 3. The molecule has 1 aromatic carbocycles. The Balaban J connectivity index is 2.04. The van der Waals surface area contributed by atoms with E-state index in [2.05, 4.69) is 4.18 Å². The number of carbonyl (C=O) groups is 1. The zero-order chi connectivity index (χ0) is 20.3. The van der Waals surface area contributed by atoms with E-state index in [-0.39, 0.29) is 5.92 Å². The van der Waals surface area contributed by atoms with Crippen LogP contribution in [0.25, 0.3) is 0 Å². The van der Waals surface area contributed by atoms with Gasteiger partial charge in [-0.1, -0.05) is 19.4 Å². The molecule has 2 aliphatic carbocycles. The maximum Gasteiger partial charge on any atom is 0.534 e. The zero-order valence-corrected chi connectivity index (χ0v) is 15.8. The van der Waals surface area contributed by atoms with Crippen molar-refractivity contribution in [3.05, 3.63) is 29.3 Å². The second-order valence-corrected chi connectivity index (χ2v) is 9.42. The first-order chi connectivity index (χ1) is 12.3. The predicted octanol–water partition coefficient (Wildman–Crippen LogP) is 4.01. The van der Waals surface area contributed by atoms with Crippen molar-refractivity contribution in [2.24, 2.45) is 11.3 Å². The fraction of sp³-hybridized carbons (Fsp3) is 0.611. The first-order valence-corrected chi connectivity index (χ1v) is 10.1. The van der Waals surface area contributed by atoms with Crippen molar-refractivity contribution in [2.45, 2.75) is 56.9 Å². The fourth-order valence-corrected chi connectivity index (χ4v) is 5.37. The molecule has 27 heavy (non-hydrogen) atoms. The summed E-state index contributed by atoms with van der Waals surface area (Å²) in [4.78, 5) is 11.9. The van der Waals surface area contributed by atoms with E-state index in [1.165, 1.54) is 12.1 Å². The molecular formula is C18H21F3O5S. The smallest absolute Gasteiger partial charge is 0.481 e. The standard InChI is InChI=1S/C18H21F3O5S/c1-16-8-3-9-17(2,15(22)23)14(16)7-5-11-4-6-12(10-13(11)16)26-27(24,25)18(19,20)21/h4,6,10,14H,3,5,7-9H2,1-2H3,(H,22,23)/t14-,16-,17+/m1/s1. The van der Waals surface area contributed by atoms with Gasteiger partial charge in [0, 0.05) is 0 Å². The SMILES string of the molecule is C[C@]1(C(=O)O)CCC[C@]2(C)c3cc(OS(=O)(=O)C(F)(F)F)ccc3CC[C@@H]12. The maximum absolute atomic E-state index is 12.6. The van der Waals surface area contributed by atoms with Gasteiger partial charge in [0.1, 0.15) is 5.75 Å². The largest absolute Gasteiger partial charge is 0.534 e. The number of aliphatic carboxylic acids is 1. The Morgan fingerprint density at radius 1 is 1.26 bits per heavy atom. The average Bonchev–Trinajstić information content (AvgIpc) is 2.53. The lowest BCUT2D eigenvalue weighted by molar-refractivity contribution is -0.157. The van der Waals surface area contributed by atoms with Crippen molar-refractivity contribution in [3.63, 3.8) is 0 Å². The van der Waals surface area contributed by atoms with Gasteiger partial charge in [0.25, 0.3) is 0 Å². The zero-order valence-electron chi connectivity index (χ0n) is 15.0. The third-order valence-electron chi connectivity index (χ3n) is 6.31. The highest BCUT2D eigenvalue weighted by Gasteiger charge is 2.55. The van der Waals surface area contributed by atoms with Gasteiger partial charge < -0.3 is 9.29 Å². The van der Waals surface area contributed by atoms with Gasteiger partial charge in [-0.25, -0.2) is 0 Å². The van der Waals surface area contributed by atoms with Crippen molar-refractivity contribution >= 4 is 16.1 Å². The van der Waals surface area contributed by atoms with Crippen LogP contribution in [0, 0.1) is 11.3 Å². The van der Waals surface area contributed by atoms with Crippen LogP contribution < -0.4 is 4.18 Å². The minimum atomic E-state index is -5.76. The minimum Gasteiger partial charge on any atom is -0.481 e. The molecule has 0 amide bonds. The molecule has 0 unspecified atom stereocenters. The first kappa shape index (κ1) is 20.0. The Bertz CT molecular complexity index is 879. The van der Waals surface area contributed by atoms with Gasteiger partial charge in [-0.05, 0) is 67.2 Å². The van der Waals surface area contributed by atoms with Crippen molar-refractivity contribution in [1.82, 2.24) is 0 Å². The van der Waals surface area contributed by atoms with Crippen LogP contribution in [0.2, 0.25) is 0 Å². The third-order valence-corrected chi connectivity index (χ3v) is 7.29. The Labute approximate surface area is 155 Å². The van der Waals surface area contributed by atoms with E-state index in [1.54, 1.807) is 13.0 Å². The van der Waals surface area contributed by atoms with Gasteiger partial charge in [-0.2, -0.15) is 21.6 Å². The first-order valence-electron chi connectivity index (χ1n) is 8.69. The molecule has 0 aliphatic heterocycles. The molecule has 1 saturated carbocycles. The van der Waals surface area contributed by atoms with Crippen LogP contribution >= 0.6 is 0 Å². The van der Waals surface area contributed by atoms with Crippen LogP contribution in [0.5, 0.6) is 5.75 Å². The molecule has 3 rings (SSSR count). The number of halogens is 3. The van der Waals surface area contributed by atoms with E-state index < -0.39 is 38.2 Å². The number of alkyl halides is 3. The molecule has 0 radical (unpaired) electrons.